The van der Waals surface area contributed by atoms with E-state index in [2.05, 4.69) is 5.32 Å². The molecular formula is C20H24N2O3. The molecule has 2 aromatic rings. The number of nitrogens with zero attached hydrogens (tertiary/aromatic N) is 1. The predicted molar refractivity (Wildman–Crippen MR) is 98.6 cm³/mol. The predicted octanol–water partition coefficient (Wildman–Crippen LogP) is 3.55. The monoisotopic (exact) mass is 340 g/mol. The summed E-state index contributed by atoms with van der Waals surface area (Å²) in [4.78, 5) is 24.5. The Morgan fingerprint density at radius 3 is 2.44 bits per heavy atom. The third kappa shape index (κ3) is 5.35. The summed E-state index contributed by atoms with van der Waals surface area (Å²) in [5.74, 6) is 0.366. The maximum Gasteiger partial charge on any atom is 0.243 e. The summed E-state index contributed by atoms with van der Waals surface area (Å²) in [5, 5.41) is 2.82. The lowest BCUT2D eigenvalue weighted by molar-refractivity contribution is -0.131. The van der Waals surface area contributed by atoms with Crippen molar-refractivity contribution in [3.05, 3.63) is 59.7 Å². The minimum Gasteiger partial charge on any atom is -0.486 e. The van der Waals surface area contributed by atoms with E-state index in [1.165, 1.54) is 11.8 Å². The molecule has 0 aromatic heterocycles. The first-order valence-corrected chi connectivity index (χ1v) is 8.20. The average molecular weight is 340 g/mol. The molecule has 0 saturated carbocycles. The van der Waals surface area contributed by atoms with Gasteiger partial charge in [0.05, 0.1) is 6.54 Å². The van der Waals surface area contributed by atoms with Gasteiger partial charge in [-0.15, -0.1) is 0 Å². The second kappa shape index (κ2) is 8.33. The highest BCUT2D eigenvalue weighted by Crippen LogP contribution is 2.26. The minimum atomic E-state index is -0.230. The van der Waals surface area contributed by atoms with E-state index in [9.17, 15) is 9.59 Å². The standard InChI is InChI=1S/C20H24N2O3/c1-14-12-18(25-15(2)17-8-6-5-7-9-17)10-11-19(14)21-20(24)13-22(4)16(3)23/h5-12,15H,13H2,1-4H3,(H,21,24)/t15-/m1/s1. The topological polar surface area (TPSA) is 58.6 Å². The minimum absolute atomic E-state index is 0.0259. The smallest absolute Gasteiger partial charge is 0.243 e. The van der Waals surface area contributed by atoms with Gasteiger partial charge in [-0.2, -0.15) is 0 Å². The maximum atomic E-state index is 12.0. The first-order chi connectivity index (χ1) is 11.9. The van der Waals surface area contributed by atoms with Crippen molar-refractivity contribution in [3.63, 3.8) is 0 Å². The molecule has 0 aliphatic carbocycles. The van der Waals surface area contributed by atoms with Crippen LogP contribution in [0.25, 0.3) is 0 Å². The van der Waals surface area contributed by atoms with Crippen LogP contribution in [0.5, 0.6) is 5.75 Å². The molecule has 0 radical (unpaired) electrons. The van der Waals surface area contributed by atoms with Gasteiger partial charge >= 0.3 is 0 Å². The SMILES string of the molecule is CC(=O)N(C)CC(=O)Nc1ccc(O[C@H](C)c2ccccc2)cc1C. The Labute approximate surface area is 148 Å². The molecule has 0 saturated heterocycles. The molecule has 0 bridgehead atoms. The molecule has 25 heavy (non-hydrogen) atoms. The molecule has 0 unspecified atom stereocenters. The Hall–Kier alpha value is -2.82. The lowest BCUT2D eigenvalue weighted by atomic mass is 10.1. The second-order valence-corrected chi connectivity index (χ2v) is 6.07. The van der Waals surface area contributed by atoms with Gasteiger partial charge < -0.3 is 15.0 Å². The van der Waals surface area contributed by atoms with E-state index in [4.69, 9.17) is 4.74 Å². The van der Waals surface area contributed by atoms with E-state index in [0.717, 1.165) is 16.9 Å². The van der Waals surface area contributed by atoms with Gasteiger partial charge in [-0.05, 0) is 43.2 Å². The summed E-state index contributed by atoms with van der Waals surface area (Å²) >= 11 is 0. The van der Waals surface area contributed by atoms with Crippen molar-refractivity contribution in [2.45, 2.75) is 26.9 Å². The summed E-state index contributed by atoms with van der Waals surface area (Å²) in [5.41, 5.74) is 2.71. The molecule has 132 valence electrons. The molecule has 5 heteroatoms. The number of ether oxygens (including phenoxy) is 1. The number of aryl methyl sites for hydroxylation is 1. The normalized spacial score (nSPS) is 11.5. The maximum absolute atomic E-state index is 12.0. The van der Waals surface area contributed by atoms with Gasteiger partial charge in [0.2, 0.25) is 11.8 Å². The van der Waals surface area contributed by atoms with Crippen LogP contribution in [0.1, 0.15) is 31.1 Å². The number of likely N-dealkylation sites (N-methyl/N-ethyl adjacent to an activating group) is 1. The Balaban J connectivity index is 2.00. The summed E-state index contributed by atoms with van der Waals surface area (Å²) < 4.78 is 5.97. The fourth-order valence-electron chi connectivity index (χ4n) is 2.36. The highest BCUT2D eigenvalue weighted by molar-refractivity contribution is 5.94. The number of anilines is 1. The summed E-state index contributed by atoms with van der Waals surface area (Å²) in [7, 11) is 1.59. The molecule has 0 aliphatic rings. The fraction of sp³-hybridized carbons (Fsp3) is 0.300. The molecule has 1 N–H and O–H groups in total. The summed E-state index contributed by atoms with van der Waals surface area (Å²) in [6.07, 6.45) is -0.0646. The fourth-order valence-corrected chi connectivity index (χ4v) is 2.36. The molecule has 2 rings (SSSR count). The Morgan fingerprint density at radius 1 is 1.16 bits per heavy atom. The van der Waals surface area contributed by atoms with E-state index in [0.29, 0.717) is 5.69 Å². The third-order valence-electron chi connectivity index (χ3n) is 3.97. The van der Waals surface area contributed by atoms with Crippen molar-refractivity contribution in [1.29, 1.82) is 0 Å². The van der Waals surface area contributed by atoms with Crippen LogP contribution in [0, 0.1) is 6.92 Å². The van der Waals surface area contributed by atoms with Crippen LogP contribution in [0.2, 0.25) is 0 Å². The Morgan fingerprint density at radius 2 is 1.84 bits per heavy atom. The van der Waals surface area contributed by atoms with E-state index in [1.807, 2.05) is 62.4 Å². The van der Waals surface area contributed by atoms with Crippen LogP contribution >= 0.6 is 0 Å². The second-order valence-electron chi connectivity index (χ2n) is 6.07. The third-order valence-corrected chi connectivity index (χ3v) is 3.97. The molecule has 0 spiro atoms. The van der Waals surface area contributed by atoms with Crippen molar-refractivity contribution in [1.82, 2.24) is 4.90 Å². The molecule has 0 fully saturated rings. The number of carbonyl (C=O) groups is 2. The molecule has 2 amide bonds. The van der Waals surface area contributed by atoms with Crippen LogP contribution in [0.4, 0.5) is 5.69 Å². The number of nitrogens with one attached hydrogen (secondary N) is 1. The van der Waals surface area contributed by atoms with E-state index in [1.54, 1.807) is 7.05 Å². The first kappa shape index (κ1) is 18.5. The number of benzene rings is 2. The highest BCUT2D eigenvalue weighted by atomic mass is 16.5. The van der Waals surface area contributed by atoms with Crippen LogP contribution in [0.3, 0.4) is 0 Å². The highest BCUT2D eigenvalue weighted by Gasteiger charge is 2.12. The lowest BCUT2D eigenvalue weighted by Crippen LogP contribution is -2.33. The molecule has 1 atom stereocenters. The zero-order valence-corrected chi connectivity index (χ0v) is 15.1. The number of hydrogen-bond donors (Lipinski definition) is 1. The number of amides is 2. The first-order valence-electron chi connectivity index (χ1n) is 8.20. The van der Waals surface area contributed by atoms with Gasteiger partial charge in [0.15, 0.2) is 0 Å². The van der Waals surface area contributed by atoms with Crippen molar-refractivity contribution in [3.8, 4) is 5.75 Å². The van der Waals surface area contributed by atoms with Crippen LogP contribution in [0.15, 0.2) is 48.5 Å². The summed E-state index contributed by atoms with van der Waals surface area (Å²) in [6.45, 7) is 5.36. The Kier molecular flexibility index (Phi) is 6.17. The van der Waals surface area contributed by atoms with Gasteiger partial charge in [0.1, 0.15) is 11.9 Å². The zero-order valence-electron chi connectivity index (χ0n) is 15.1. The quantitative estimate of drug-likeness (QED) is 0.875. The molecule has 0 aliphatic heterocycles. The van der Waals surface area contributed by atoms with Gasteiger partial charge in [-0.1, -0.05) is 30.3 Å². The van der Waals surface area contributed by atoms with Gasteiger partial charge in [-0.25, -0.2) is 0 Å². The van der Waals surface area contributed by atoms with E-state index < -0.39 is 0 Å². The summed E-state index contributed by atoms with van der Waals surface area (Å²) in [6, 6.07) is 15.5. The lowest BCUT2D eigenvalue weighted by Gasteiger charge is -2.18. The molecule has 2 aromatic carbocycles. The van der Waals surface area contributed by atoms with E-state index in [-0.39, 0.29) is 24.5 Å². The molecular weight excluding hydrogens is 316 g/mol. The van der Waals surface area contributed by atoms with Gasteiger partial charge in [-0.3, -0.25) is 9.59 Å². The largest absolute Gasteiger partial charge is 0.486 e. The average Bonchev–Trinajstić information content (AvgIpc) is 2.58. The zero-order chi connectivity index (χ0) is 18.4. The molecule has 5 nitrogen and oxygen atoms in total. The van der Waals surface area contributed by atoms with Crippen LogP contribution in [-0.4, -0.2) is 30.3 Å². The van der Waals surface area contributed by atoms with Crippen molar-refractivity contribution in [2.75, 3.05) is 18.9 Å². The Bertz CT molecular complexity index is 744. The van der Waals surface area contributed by atoms with Crippen molar-refractivity contribution in [2.24, 2.45) is 0 Å². The number of hydrogen-bond acceptors (Lipinski definition) is 3. The molecule has 0 heterocycles. The van der Waals surface area contributed by atoms with Crippen LogP contribution < -0.4 is 10.1 Å². The van der Waals surface area contributed by atoms with E-state index >= 15 is 0 Å². The van der Waals surface area contributed by atoms with Crippen molar-refractivity contribution < 1.29 is 14.3 Å². The van der Waals surface area contributed by atoms with Crippen LogP contribution in [-0.2, 0) is 9.59 Å². The number of carbonyl (C=O) groups excluding carboxylic acids is 2. The van der Waals surface area contributed by atoms with Gasteiger partial charge in [0.25, 0.3) is 0 Å². The van der Waals surface area contributed by atoms with Gasteiger partial charge in [0, 0.05) is 19.7 Å². The van der Waals surface area contributed by atoms with Crippen molar-refractivity contribution >= 4 is 17.5 Å². The number of rotatable bonds is 6.